The van der Waals surface area contributed by atoms with Gasteiger partial charge in [0.25, 0.3) is 0 Å². The van der Waals surface area contributed by atoms with Gasteiger partial charge in [0.15, 0.2) is 11.5 Å². The average molecular weight is 407 g/mol. The zero-order valence-electron chi connectivity index (χ0n) is 16.8. The molecule has 1 heterocycles. The Morgan fingerprint density at radius 2 is 1.72 bits per heavy atom. The van der Waals surface area contributed by atoms with Crippen molar-refractivity contribution in [1.29, 1.82) is 0 Å². The summed E-state index contributed by atoms with van der Waals surface area (Å²) in [6.07, 6.45) is 0.831. The van der Waals surface area contributed by atoms with Crippen LogP contribution in [0, 0.1) is 6.92 Å². The number of ether oxygens (including phenoxy) is 2. The van der Waals surface area contributed by atoms with Gasteiger partial charge >= 0.3 is 0 Å². The maximum Gasteiger partial charge on any atom is 0.160 e. The Bertz CT molecular complexity index is 1170. The smallest absolute Gasteiger partial charge is 0.160 e. The van der Waals surface area contributed by atoms with Crippen LogP contribution in [0.2, 0.25) is 5.02 Å². The summed E-state index contributed by atoms with van der Waals surface area (Å²) in [6, 6.07) is 20.2. The van der Waals surface area contributed by atoms with Gasteiger partial charge in [0, 0.05) is 17.1 Å². The van der Waals surface area contributed by atoms with Crippen molar-refractivity contribution < 1.29 is 9.47 Å². The molecule has 1 aromatic heterocycles. The topological polar surface area (TPSA) is 36.3 Å². The van der Waals surface area contributed by atoms with E-state index >= 15 is 0 Å². The Morgan fingerprint density at radius 1 is 0.931 bits per heavy atom. The molecule has 5 heteroatoms. The van der Waals surface area contributed by atoms with Crippen molar-refractivity contribution in [2.24, 2.45) is 0 Å². The van der Waals surface area contributed by atoms with Gasteiger partial charge in [0.05, 0.1) is 25.3 Å². The van der Waals surface area contributed by atoms with Crippen LogP contribution in [0.3, 0.4) is 0 Å². The van der Waals surface area contributed by atoms with Crippen molar-refractivity contribution in [1.82, 2.24) is 9.55 Å². The van der Waals surface area contributed by atoms with Gasteiger partial charge in [-0.25, -0.2) is 4.98 Å². The number of methoxy groups -OCH3 is 2. The number of benzene rings is 3. The first-order chi connectivity index (χ1) is 14.1. The highest BCUT2D eigenvalue weighted by atomic mass is 35.5. The molecule has 0 atom stereocenters. The fourth-order valence-corrected chi connectivity index (χ4v) is 3.80. The molecule has 0 aliphatic heterocycles. The normalized spacial score (nSPS) is 11.0. The highest BCUT2D eigenvalue weighted by Gasteiger charge is 2.15. The molecule has 3 aromatic carbocycles. The third-order valence-corrected chi connectivity index (χ3v) is 5.40. The zero-order valence-corrected chi connectivity index (χ0v) is 17.5. The molecule has 0 amide bonds. The molecule has 0 unspecified atom stereocenters. The number of hydrogen-bond acceptors (Lipinski definition) is 3. The zero-order chi connectivity index (χ0) is 20.4. The lowest BCUT2D eigenvalue weighted by atomic mass is 10.1. The highest BCUT2D eigenvalue weighted by Crippen LogP contribution is 2.31. The number of halogens is 1. The second kappa shape index (κ2) is 8.18. The fraction of sp³-hybridized carbons (Fsp3) is 0.208. The molecule has 0 aliphatic carbocycles. The van der Waals surface area contributed by atoms with Crippen molar-refractivity contribution in [3.8, 4) is 22.9 Å². The van der Waals surface area contributed by atoms with Crippen molar-refractivity contribution in [3.63, 3.8) is 0 Å². The van der Waals surface area contributed by atoms with E-state index in [-0.39, 0.29) is 0 Å². The van der Waals surface area contributed by atoms with Crippen LogP contribution in [0.15, 0.2) is 60.7 Å². The quantitative estimate of drug-likeness (QED) is 0.398. The van der Waals surface area contributed by atoms with Gasteiger partial charge in [-0.05, 0) is 54.8 Å². The molecule has 29 heavy (non-hydrogen) atoms. The summed E-state index contributed by atoms with van der Waals surface area (Å²) < 4.78 is 13.0. The lowest BCUT2D eigenvalue weighted by molar-refractivity contribution is 0.354. The van der Waals surface area contributed by atoms with E-state index in [1.165, 1.54) is 11.1 Å². The molecule has 0 N–H and O–H groups in total. The fourth-order valence-electron chi connectivity index (χ4n) is 3.63. The molecule has 4 aromatic rings. The molecule has 0 fully saturated rings. The third-order valence-electron chi connectivity index (χ3n) is 5.17. The Morgan fingerprint density at radius 3 is 2.48 bits per heavy atom. The Labute approximate surface area is 175 Å². The Hall–Kier alpha value is -2.98. The summed E-state index contributed by atoms with van der Waals surface area (Å²) in [5.74, 6) is 2.43. The van der Waals surface area contributed by atoms with Crippen molar-refractivity contribution in [3.05, 3.63) is 76.8 Å². The molecule has 0 radical (unpaired) electrons. The van der Waals surface area contributed by atoms with Crippen molar-refractivity contribution >= 4 is 22.6 Å². The second-order valence-electron chi connectivity index (χ2n) is 6.97. The first-order valence-electron chi connectivity index (χ1n) is 9.53. The van der Waals surface area contributed by atoms with E-state index in [1.54, 1.807) is 14.2 Å². The number of aromatic nitrogens is 2. The number of aryl methyl sites for hydroxylation is 3. The van der Waals surface area contributed by atoms with Crippen molar-refractivity contribution in [2.45, 2.75) is 19.9 Å². The first kappa shape index (κ1) is 19.3. The second-order valence-corrected chi connectivity index (χ2v) is 7.41. The third kappa shape index (κ3) is 3.81. The Kier molecular flexibility index (Phi) is 5.45. The van der Waals surface area contributed by atoms with E-state index in [1.807, 2.05) is 42.5 Å². The molecule has 0 spiro atoms. The molecule has 148 valence electrons. The van der Waals surface area contributed by atoms with Gasteiger partial charge < -0.3 is 14.0 Å². The van der Waals surface area contributed by atoms with E-state index in [4.69, 9.17) is 26.1 Å². The van der Waals surface area contributed by atoms with Gasteiger partial charge in [0.2, 0.25) is 0 Å². The predicted molar refractivity (Wildman–Crippen MR) is 118 cm³/mol. The highest BCUT2D eigenvalue weighted by molar-refractivity contribution is 6.31. The van der Waals surface area contributed by atoms with Gasteiger partial charge in [-0.15, -0.1) is 0 Å². The minimum absolute atomic E-state index is 0.709. The maximum atomic E-state index is 6.30. The minimum atomic E-state index is 0.709. The number of rotatable bonds is 6. The standard InChI is InChI=1S/C24H23ClN2O2/c1-16-6-4-5-7-19(16)24-26-20-10-9-18(25)15-21(20)27(24)13-12-17-8-11-22(28-2)23(14-17)29-3/h4-11,14-15H,12-13H2,1-3H3. The summed E-state index contributed by atoms with van der Waals surface area (Å²) in [5.41, 5.74) is 5.48. The number of fused-ring (bicyclic) bond motifs is 1. The SMILES string of the molecule is COc1ccc(CCn2c(-c3ccccc3C)nc3ccc(Cl)cc32)cc1OC. The van der Waals surface area contributed by atoms with E-state index < -0.39 is 0 Å². The van der Waals surface area contributed by atoms with Crippen LogP contribution in [0.25, 0.3) is 22.4 Å². The van der Waals surface area contributed by atoms with Crippen LogP contribution in [0.5, 0.6) is 11.5 Å². The van der Waals surface area contributed by atoms with Gasteiger partial charge in [-0.2, -0.15) is 0 Å². The Balaban J connectivity index is 1.75. The van der Waals surface area contributed by atoms with Crippen LogP contribution in [0.1, 0.15) is 11.1 Å². The molecule has 4 nitrogen and oxygen atoms in total. The van der Waals surface area contributed by atoms with Gasteiger partial charge in [-0.3, -0.25) is 0 Å². The molecule has 0 saturated carbocycles. The largest absolute Gasteiger partial charge is 0.493 e. The predicted octanol–water partition coefficient (Wildman–Crippen LogP) is 5.93. The summed E-state index contributed by atoms with van der Waals surface area (Å²) in [5, 5.41) is 0.709. The first-order valence-corrected chi connectivity index (χ1v) is 9.91. The molecule has 4 rings (SSSR count). The summed E-state index contributed by atoms with van der Waals surface area (Å²) in [4.78, 5) is 4.92. The average Bonchev–Trinajstić information content (AvgIpc) is 3.09. The van der Waals surface area contributed by atoms with Crippen molar-refractivity contribution in [2.75, 3.05) is 14.2 Å². The summed E-state index contributed by atoms with van der Waals surface area (Å²) in [7, 11) is 3.30. The van der Waals surface area contributed by atoms with E-state index in [0.717, 1.165) is 46.9 Å². The molecular formula is C24H23ClN2O2. The lowest BCUT2D eigenvalue weighted by Gasteiger charge is -2.13. The van der Waals surface area contributed by atoms with Crippen LogP contribution < -0.4 is 9.47 Å². The number of imidazole rings is 1. The summed E-state index contributed by atoms with van der Waals surface area (Å²) in [6.45, 7) is 2.89. The monoisotopic (exact) mass is 406 g/mol. The molecular weight excluding hydrogens is 384 g/mol. The summed E-state index contributed by atoms with van der Waals surface area (Å²) >= 11 is 6.30. The number of hydrogen-bond donors (Lipinski definition) is 0. The lowest BCUT2D eigenvalue weighted by Crippen LogP contribution is -2.05. The van der Waals surface area contributed by atoms with Crippen LogP contribution in [-0.4, -0.2) is 23.8 Å². The maximum absolute atomic E-state index is 6.30. The minimum Gasteiger partial charge on any atom is -0.493 e. The van der Waals surface area contributed by atoms with E-state index in [2.05, 4.69) is 29.7 Å². The molecule has 0 aliphatic rings. The van der Waals surface area contributed by atoms with E-state index in [0.29, 0.717) is 5.02 Å². The van der Waals surface area contributed by atoms with Crippen LogP contribution in [-0.2, 0) is 13.0 Å². The molecule has 0 saturated heterocycles. The van der Waals surface area contributed by atoms with Gasteiger partial charge in [-0.1, -0.05) is 41.9 Å². The molecule has 0 bridgehead atoms. The number of nitrogens with zero attached hydrogens (tertiary/aromatic N) is 2. The van der Waals surface area contributed by atoms with Crippen LogP contribution >= 0.6 is 11.6 Å². The van der Waals surface area contributed by atoms with Gasteiger partial charge in [0.1, 0.15) is 5.82 Å². The van der Waals surface area contributed by atoms with E-state index in [9.17, 15) is 0 Å². The van der Waals surface area contributed by atoms with Crippen LogP contribution in [0.4, 0.5) is 0 Å².